The summed E-state index contributed by atoms with van der Waals surface area (Å²) in [6.07, 6.45) is 4.43. The van der Waals surface area contributed by atoms with Crippen molar-refractivity contribution < 1.29 is 9.47 Å². The topological polar surface area (TPSA) is 47.5 Å². The number of fused-ring (bicyclic) bond motifs is 1. The van der Waals surface area contributed by atoms with Gasteiger partial charge >= 0.3 is 0 Å². The minimum atomic E-state index is 0.332. The summed E-state index contributed by atoms with van der Waals surface area (Å²) in [5, 5.41) is 0. The van der Waals surface area contributed by atoms with Crippen molar-refractivity contribution in [3.05, 3.63) is 59.7 Å². The lowest BCUT2D eigenvalue weighted by Gasteiger charge is -2.37. The van der Waals surface area contributed by atoms with E-state index >= 15 is 0 Å². The van der Waals surface area contributed by atoms with Crippen LogP contribution >= 0.6 is 0 Å². The molecule has 0 amide bonds. The first-order valence-corrected chi connectivity index (χ1v) is 9.54. The average Bonchev–Trinajstić information content (AvgIpc) is 3.07. The molecule has 5 heteroatoms. The van der Waals surface area contributed by atoms with Crippen LogP contribution in [0.1, 0.15) is 29.9 Å². The van der Waals surface area contributed by atoms with Gasteiger partial charge in [-0.1, -0.05) is 12.1 Å². The summed E-state index contributed by atoms with van der Waals surface area (Å²) in [6, 6.07) is 12.7. The van der Waals surface area contributed by atoms with Crippen LogP contribution in [-0.4, -0.2) is 46.8 Å². The normalized spacial score (nSPS) is 26.0. The molecule has 0 aromatic carbocycles. The molecular formula is C21H27N3O2. The van der Waals surface area contributed by atoms with E-state index in [0.29, 0.717) is 24.7 Å². The van der Waals surface area contributed by atoms with E-state index in [0.717, 1.165) is 56.2 Å². The van der Waals surface area contributed by atoms with Gasteiger partial charge in [-0.05, 0) is 49.9 Å². The molecule has 1 saturated heterocycles. The van der Waals surface area contributed by atoms with Gasteiger partial charge < -0.3 is 9.47 Å². The maximum Gasteiger partial charge on any atom is 0.0888 e. The average molecular weight is 353 g/mol. The molecule has 0 radical (unpaired) electrons. The molecule has 4 rings (SSSR count). The quantitative estimate of drug-likeness (QED) is 0.799. The van der Waals surface area contributed by atoms with Crippen molar-refractivity contribution in [2.24, 2.45) is 5.92 Å². The molecule has 2 aromatic rings. The fraction of sp³-hybridized carbons (Fsp3) is 0.524. The van der Waals surface area contributed by atoms with Crippen molar-refractivity contribution >= 4 is 0 Å². The number of nitrogens with zero attached hydrogens (tertiary/aromatic N) is 3. The molecule has 2 fully saturated rings. The van der Waals surface area contributed by atoms with Gasteiger partial charge in [0.25, 0.3) is 0 Å². The van der Waals surface area contributed by atoms with Crippen LogP contribution in [0.2, 0.25) is 0 Å². The van der Waals surface area contributed by atoms with E-state index in [1.54, 1.807) is 0 Å². The Bertz CT molecular complexity index is 709. The Hall–Kier alpha value is -1.82. The maximum atomic E-state index is 6.05. The summed E-state index contributed by atoms with van der Waals surface area (Å²) in [6.45, 7) is 6.09. The highest BCUT2D eigenvalue weighted by molar-refractivity contribution is 5.09. The number of hydrogen-bond acceptors (Lipinski definition) is 5. The highest BCUT2D eigenvalue weighted by Crippen LogP contribution is 2.35. The molecule has 138 valence electrons. The fourth-order valence-corrected chi connectivity index (χ4v) is 4.17. The lowest BCUT2D eigenvalue weighted by Crippen LogP contribution is -2.47. The number of morpholine rings is 1. The van der Waals surface area contributed by atoms with Gasteiger partial charge in [-0.3, -0.25) is 14.9 Å². The third-order valence-electron chi connectivity index (χ3n) is 5.39. The van der Waals surface area contributed by atoms with Crippen molar-refractivity contribution in [1.82, 2.24) is 14.9 Å². The van der Waals surface area contributed by atoms with Crippen LogP contribution in [0.3, 0.4) is 0 Å². The van der Waals surface area contributed by atoms with Crippen LogP contribution in [0.5, 0.6) is 0 Å². The Labute approximate surface area is 155 Å². The van der Waals surface area contributed by atoms with Gasteiger partial charge in [0.05, 0.1) is 37.3 Å². The van der Waals surface area contributed by atoms with Gasteiger partial charge in [0.2, 0.25) is 0 Å². The molecule has 0 unspecified atom stereocenters. The molecule has 1 aliphatic carbocycles. The summed E-state index contributed by atoms with van der Waals surface area (Å²) >= 11 is 0. The predicted molar refractivity (Wildman–Crippen MR) is 99.5 cm³/mol. The zero-order chi connectivity index (χ0) is 17.8. The molecule has 1 aliphatic heterocycles. The zero-order valence-corrected chi connectivity index (χ0v) is 15.4. The first kappa shape index (κ1) is 17.6. The van der Waals surface area contributed by atoms with Gasteiger partial charge in [0, 0.05) is 31.0 Å². The molecule has 2 aromatic heterocycles. The number of aryl methyl sites for hydroxylation is 1. The molecule has 0 N–H and O–H groups in total. The van der Waals surface area contributed by atoms with Crippen molar-refractivity contribution in [3.8, 4) is 0 Å². The van der Waals surface area contributed by atoms with E-state index in [1.807, 2.05) is 37.4 Å². The van der Waals surface area contributed by atoms with Crippen LogP contribution < -0.4 is 0 Å². The van der Waals surface area contributed by atoms with Crippen LogP contribution in [-0.2, 0) is 22.6 Å². The molecule has 0 bridgehead atoms. The smallest absolute Gasteiger partial charge is 0.0888 e. The first-order chi connectivity index (χ1) is 12.8. The van der Waals surface area contributed by atoms with Crippen molar-refractivity contribution in [2.45, 2.75) is 45.1 Å². The largest absolute Gasteiger partial charge is 0.375 e. The number of pyridine rings is 2. The van der Waals surface area contributed by atoms with Gasteiger partial charge in [-0.25, -0.2) is 0 Å². The third kappa shape index (κ3) is 4.29. The Balaban J connectivity index is 1.29. The van der Waals surface area contributed by atoms with Gasteiger partial charge in [0.1, 0.15) is 0 Å². The predicted octanol–water partition coefficient (Wildman–Crippen LogP) is 2.98. The number of ether oxygens (including phenoxy) is 2. The van der Waals surface area contributed by atoms with E-state index < -0.39 is 0 Å². The summed E-state index contributed by atoms with van der Waals surface area (Å²) in [7, 11) is 0. The van der Waals surface area contributed by atoms with E-state index in [1.165, 1.54) is 0 Å². The summed E-state index contributed by atoms with van der Waals surface area (Å²) in [4.78, 5) is 11.5. The summed E-state index contributed by atoms with van der Waals surface area (Å²) in [5.41, 5.74) is 3.18. The number of aromatic nitrogens is 2. The molecule has 26 heavy (non-hydrogen) atoms. The van der Waals surface area contributed by atoms with Crippen LogP contribution in [0.25, 0.3) is 0 Å². The second-order valence-electron chi connectivity index (χ2n) is 7.39. The van der Waals surface area contributed by atoms with Crippen LogP contribution in [0.4, 0.5) is 0 Å². The Morgan fingerprint density at radius 1 is 1.15 bits per heavy atom. The molecule has 3 atom stereocenters. The fourth-order valence-electron chi connectivity index (χ4n) is 4.17. The van der Waals surface area contributed by atoms with E-state index in [9.17, 15) is 0 Å². The number of rotatable bonds is 6. The first-order valence-electron chi connectivity index (χ1n) is 9.54. The maximum absolute atomic E-state index is 6.05. The minimum Gasteiger partial charge on any atom is -0.375 e. The van der Waals surface area contributed by atoms with Gasteiger partial charge in [-0.15, -0.1) is 0 Å². The minimum absolute atomic E-state index is 0.332. The number of hydrogen-bond donors (Lipinski definition) is 0. The summed E-state index contributed by atoms with van der Waals surface area (Å²) in [5.74, 6) is 0.555. The monoisotopic (exact) mass is 353 g/mol. The summed E-state index contributed by atoms with van der Waals surface area (Å²) < 4.78 is 12.0. The van der Waals surface area contributed by atoms with Crippen LogP contribution in [0.15, 0.2) is 42.6 Å². The van der Waals surface area contributed by atoms with E-state index in [-0.39, 0.29) is 0 Å². The Morgan fingerprint density at radius 3 is 2.92 bits per heavy atom. The lowest BCUT2D eigenvalue weighted by molar-refractivity contribution is -0.0595. The SMILES string of the molecule is Cc1cccc(COC[C@@H]2C[C@@H]3[C@@H](C2)OCCN3Cc2ccccn2)n1. The second kappa shape index (κ2) is 8.25. The third-order valence-corrected chi connectivity index (χ3v) is 5.39. The van der Waals surface area contributed by atoms with E-state index in [2.05, 4.69) is 27.0 Å². The lowest BCUT2D eigenvalue weighted by atomic mass is 10.1. The molecule has 1 saturated carbocycles. The van der Waals surface area contributed by atoms with Crippen LogP contribution in [0, 0.1) is 12.8 Å². The van der Waals surface area contributed by atoms with Gasteiger partial charge in [-0.2, -0.15) is 0 Å². The Kier molecular flexibility index (Phi) is 5.58. The standard InChI is InChI=1S/C21H27N3O2/c1-16-5-4-7-19(23-16)15-25-14-17-11-20-21(12-17)26-10-9-24(20)13-18-6-2-3-8-22-18/h2-8,17,20-21H,9-15H2,1H3/t17-,20-,21-/m1/s1. The van der Waals surface area contributed by atoms with Gasteiger partial charge in [0.15, 0.2) is 0 Å². The van der Waals surface area contributed by atoms with Crippen molar-refractivity contribution in [3.63, 3.8) is 0 Å². The molecule has 2 aliphatic rings. The molecule has 0 spiro atoms. The highest BCUT2D eigenvalue weighted by atomic mass is 16.5. The zero-order valence-electron chi connectivity index (χ0n) is 15.4. The van der Waals surface area contributed by atoms with E-state index in [4.69, 9.17) is 9.47 Å². The van der Waals surface area contributed by atoms with Crippen molar-refractivity contribution in [2.75, 3.05) is 19.8 Å². The van der Waals surface area contributed by atoms with Crippen molar-refractivity contribution in [1.29, 1.82) is 0 Å². The molecular weight excluding hydrogens is 326 g/mol. The molecule has 3 heterocycles. The second-order valence-corrected chi connectivity index (χ2v) is 7.39. The highest BCUT2D eigenvalue weighted by Gasteiger charge is 2.41. The Morgan fingerprint density at radius 2 is 2.08 bits per heavy atom. The molecule has 5 nitrogen and oxygen atoms in total.